The molecule has 0 aliphatic heterocycles. The van der Waals surface area contributed by atoms with Crippen LogP contribution < -0.4 is 5.32 Å². The van der Waals surface area contributed by atoms with E-state index in [-0.39, 0.29) is 5.97 Å². The number of rotatable bonds is 4. The molecule has 0 saturated carbocycles. The van der Waals surface area contributed by atoms with Gasteiger partial charge in [-0.05, 0) is 20.8 Å². The van der Waals surface area contributed by atoms with Crippen LogP contribution >= 0.6 is 0 Å². The topological polar surface area (TPSA) is 81.4 Å². The van der Waals surface area contributed by atoms with Crippen molar-refractivity contribution in [1.82, 2.24) is 19.6 Å². The summed E-state index contributed by atoms with van der Waals surface area (Å²) in [7, 11) is 0. The van der Waals surface area contributed by atoms with Crippen LogP contribution in [0.1, 0.15) is 19.5 Å². The fourth-order valence-corrected chi connectivity index (χ4v) is 1.58. The number of nitrogens with zero attached hydrogens (tertiary/aromatic N) is 4. The molecule has 18 heavy (non-hydrogen) atoms. The Bertz CT molecular complexity index is 566. The van der Waals surface area contributed by atoms with Crippen molar-refractivity contribution in [3.63, 3.8) is 0 Å². The number of carbonyl (C=O) groups is 1. The van der Waals surface area contributed by atoms with Crippen LogP contribution in [0, 0.1) is 6.92 Å². The lowest BCUT2D eigenvalue weighted by Gasteiger charge is -2.14. The average molecular weight is 249 g/mol. The SMILES string of the molecule is CCOC(=O)C(C)Nc1cc(C)nc2ncnn12. The predicted octanol–water partition coefficient (Wildman–Crippen LogP) is 0.796. The fraction of sp³-hybridized carbons (Fsp3) is 0.455. The van der Waals surface area contributed by atoms with Gasteiger partial charge in [0, 0.05) is 11.8 Å². The van der Waals surface area contributed by atoms with Crippen LogP contribution in [0.4, 0.5) is 5.82 Å². The second-order valence-corrected chi connectivity index (χ2v) is 3.87. The highest BCUT2D eigenvalue weighted by molar-refractivity contribution is 5.78. The maximum atomic E-state index is 11.6. The minimum absolute atomic E-state index is 0.305. The van der Waals surface area contributed by atoms with Crippen molar-refractivity contribution < 1.29 is 9.53 Å². The third-order valence-corrected chi connectivity index (χ3v) is 2.38. The highest BCUT2D eigenvalue weighted by Gasteiger charge is 2.15. The zero-order valence-electron chi connectivity index (χ0n) is 10.5. The van der Waals surface area contributed by atoms with Gasteiger partial charge in [0.05, 0.1) is 6.61 Å². The lowest BCUT2D eigenvalue weighted by molar-refractivity contribution is -0.143. The molecule has 1 N–H and O–H groups in total. The molecule has 1 atom stereocenters. The maximum Gasteiger partial charge on any atom is 0.328 e. The van der Waals surface area contributed by atoms with E-state index >= 15 is 0 Å². The monoisotopic (exact) mass is 249 g/mol. The summed E-state index contributed by atoms with van der Waals surface area (Å²) in [6, 6.07) is 1.34. The molecule has 2 aromatic rings. The first kappa shape index (κ1) is 12.3. The molecule has 0 aliphatic rings. The van der Waals surface area contributed by atoms with Crippen molar-refractivity contribution in [3.05, 3.63) is 18.1 Å². The van der Waals surface area contributed by atoms with Gasteiger partial charge in [-0.2, -0.15) is 14.6 Å². The van der Waals surface area contributed by atoms with Gasteiger partial charge in [0.2, 0.25) is 0 Å². The molecule has 0 amide bonds. The number of esters is 1. The summed E-state index contributed by atoms with van der Waals surface area (Å²) in [5.41, 5.74) is 0.800. The zero-order valence-corrected chi connectivity index (χ0v) is 10.5. The van der Waals surface area contributed by atoms with E-state index in [4.69, 9.17) is 4.74 Å². The first-order chi connectivity index (χ1) is 8.61. The summed E-state index contributed by atoms with van der Waals surface area (Å²) in [4.78, 5) is 19.8. The predicted molar refractivity (Wildman–Crippen MR) is 65.2 cm³/mol. The van der Waals surface area contributed by atoms with Crippen LogP contribution in [0.5, 0.6) is 0 Å². The molecule has 2 heterocycles. The smallest absolute Gasteiger partial charge is 0.328 e. The number of ether oxygens (including phenoxy) is 1. The standard InChI is InChI=1S/C11H15N5O2/c1-4-18-10(17)8(3)15-9-5-7(2)14-11-12-6-13-16(9)11/h5-6,8,15H,4H2,1-3H3. The van der Waals surface area contributed by atoms with Crippen LogP contribution in [0.2, 0.25) is 0 Å². The van der Waals surface area contributed by atoms with E-state index in [0.29, 0.717) is 18.2 Å². The van der Waals surface area contributed by atoms with Crippen molar-refractivity contribution in [2.45, 2.75) is 26.8 Å². The summed E-state index contributed by atoms with van der Waals surface area (Å²) >= 11 is 0. The number of hydrogen-bond donors (Lipinski definition) is 1. The molecule has 7 nitrogen and oxygen atoms in total. The molecule has 0 saturated heterocycles. The van der Waals surface area contributed by atoms with Crippen molar-refractivity contribution in [2.75, 3.05) is 11.9 Å². The van der Waals surface area contributed by atoms with Crippen LogP contribution in [0.25, 0.3) is 5.78 Å². The van der Waals surface area contributed by atoms with E-state index in [9.17, 15) is 4.79 Å². The first-order valence-electron chi connectivity index (χ1n) is 5.72. The largest absolute Gasteiger partial charge is 0.464 e. The molecule has 0 fully saturated rings. The van der Waals surface area contributed by atoms with Crippen LogP contribution in [-0.2, 0) is 9.53 Å². The van der Waals surface area contributed by atoms with Crippen LogP contribution in [0.3, 0.4) is 0 Å². The molecule has 1 unspecified atom stereocenters. The Kier molecular flexibility index (Phi) is 3.40. The Morgan fingerprint density at radius 3 is 3.11 bits per heavy atom. The summed E-state index contributed by atoms with van der Waals surface area (Å²) in [6.07, 6.45) is 1.42. The number of anilines is 1. The molecule has 0 aliphatic carbocycles. The van der Waals surface area contributed by atoms with Crippen LogP contribution in [-0.4, -0.2) is 38.2 Å². The quantitative estimate of drug-likeness (QED) is 0.807. The van der Waals surface area contributed by atoms with Crippen LogP contribution in [0.15, 0.2) is 12.4 Å². The number of hydrogen-bond acceptors (Lipinski definition) is 6. The van der Waals surface area contributed by atoms with Gasteiger partial charge in [0.15, 0.2) is 0 Å². The van der Waals surface area contributed by atoms with Gasteiger partial charge < -0.3 is 10.1 Å². The van der Waals surface area contributed by atoms with Crippen molar-refractivity contribution in [3.8, 4) is 0 Å². The number of aromatic nitrogens is 4. The molecular formula is C11H15N5O2. The minimum Gasteiger partial charge on any atom is -0.464 e. The van der Waals surface area contributed by atoms with E-state index in [1.54, 1.807) is 24.4 Å². The van der Waals surface area contributed by atoms with E-state index in [1.165, 1.54) is 6.33 Å². The van der Waals surface area contributed by atoms with E-state index in [0.717, 1.165) is 5.69 Å². The summed E-state index contributed by atoms with van der Waals surface area (Å²) in [5, 5.41) is 7.09. The van der Waals surface area contributed by atoms with Gasteiger partial charge in [-0.25, -0.2) is 9.78 Å². The highest BCUT2D eigenvalue weighted by atomic mass is 16.5. The zero-order chi connectivity index (χ0) is 13.1. The number of nitrogens with one attached hydrogen (secondary N) is 1. The van der Waals surface area contributed by atoms with E-state index < -0.39 is 6.04 Å². The van der Waals surface area contributed by atoms with Crippen molar-refractivity contribution in [2.24, 2.45) is 0 Å². The van der Waals surface area contributed by atoms with Gasteiger partial charge in [0.1, 0.15) is 18.2 Å². The molecular weight excluding hydrogens is 234 g/mol. The lowest BCUT2D eigenvalue weighted by Crippen LogP contribution is -2.29. The third-order valence-electron chi connectivity index (χ3n) is 2.38. The summed E-state index contributed by atoms with van der Waals surface area (Å²) < 4.78 is 6.48. The normalized spacial score (nSPS) is 12.4. The Hall–Kier alpha value is -2.18. The second-order valence-electron chi connectivity index (χ2n) is 3.87. The number of aryl methyl sites for hydroxylation is 1. The molecule has 2 rings (SSSR count). The number of fused-ring (bicyclic) bond motifs is 1. The number of carbonyl (C=O) groups excluding carboxylic acids is 1. The Labute approximate surface area is 104 Å². The summed E-state index contributed by atoms with van der Waals surface area (Å²) in [5.74, 6) is 0.851. The third kappa shape index (κ3) is 2.39. The fourth-order valence-electron chi connectivity index (χ4n) is 1.58. The van der Waals surface area contributed by atoms with Gasteiger partial charge in [-0.1, -0.05) is 0 Å². The van der Waals surface area contributed by atoms with E-state index in [2.05, 4.69) is 20.4 Å². The van der Waals surface area contributed by atoms with E-state index in [1.807, 2.05) is 6.92 Å². The van der Waals surface area contributed by atoms with Gasteiger partial charge in [-0.3, -0.25) is 0 Å². The first-order valence-corrected chi connectivity index (χ1v) is 5.72. The van der Waals surface area contributed by atoms with Crippen molar-refractivity contribution in [1.29, 1.82) is 0 Å². The van der Waals surface area contributed by atoms with Gasteiger partial charge in [0.25, 0.3) is 5.78 Å². The summed E-state index contributed by atoms with van der Waals surface area (Å²) in [6.45, 7) is 5.72. The Balaban J connectivity index is 2.25. The molecule has 2 aromatic heterocycles. The maximum absolute atomic E-state index is 11.6. The Morgan fingerprint density at radius 1 is 1.61 bits per heavy atom. The van der Waals surface area contributed by atoms with Gasteiger partial charge >= 0.3 is 5.97 Å². The molecule has 0 radical (unpaired) electrons. The molecule has 7 heteroatoms. The van der Waals surface area contributed by atoms with Crippen molar-refractivity contribution >= 4 is 17.6 Å². The minimum atomic E-state index is -0.459. The lowest BCUT2D eigenvalue weighted by atomic mass is 10.3. The average Bonchev–Trinajstić information content (AvgIpc) is 2.77. The Morgan fingerprint density at radius 2 is 2.39 bits per heavy atom. The molecule has 0 aromatic carbocycles. The molecule has 0 spiro atoms. The highest BCUT2D eigenvalue weighted by Crippen LogP contribution is 2.11. The van der Waals surface area contributed by atoms with Gasteiger partial charge in [-0.15, -0.1) is 0 Å². The second kappa shape index (κ2) is 4.99. The molecule has 96 valence electrons. The molecule has 0 bridgehead atoms.